The van der Waals surface area contributed by atoms with E-state index in [1.54, 1.807) is 6.20 Å². The first-order chi connectivity index (χ1) is 6.22. The maximum Gasteiger partial charge on any atom is 0.221 e. The first kappa shape index (κ1) is 10.1. The van der Waals surface area contributed by atoms with Gasteiger partial charge in [-0.1, -0.05) is 0 Å². The van der Waals surface area contributed by atoms with Gasteiger partial charge in [-0.25, -0.2) is 4.98 Å². The minimum Gasteiger partial charge on any atom is -0.444 e. The monoisotopic (exact) mass is 200 g/mol. The molecule has 0 aliphatic rings. The van der Waals surface area contributed by atoms with Crippen LogP contribution < -0.4 is 5.32 Å². The summed E-state index contributed by atoms with van der Waals surface area (Å²) < 4.78 is 5.17. The summed E-state index contributed by atoms with van der Waals surface area (Å²) in [6, 6.07) is 0. The van der Waals surface area contributed by atoms with Crippen LogP contribution in [0.25, 0.3) is 0 Å². The third-order valence-corrected chi connectivity index (χ3v) is 1.67. The van der Waals surface area contributed by atoms with Crippen molar-refractivity contribution in [1.82, 2.24) is 10.3 Å². The number of aryl methyl sites for hydroxylation is 1. The van der Waals surface area contributed by atoms with Gasteiger partial charge in [-0.05, 0) is 12.7 Å². The van der Waals surface area contributed by atoms with Crippen molar-refractivity contribution in [3.8, 4) is 0 Å². The first-order valence-electron chi connectivity index (χ1n) is 4.01. The lowest BCUT2D eigenvalue weighted by Gasteiger charge is -1.99. The third-order valence-electron chi connectivity index (χ3n) is 1.44. The second-order valence-electron chi connectivity index (χ2n) is 2.61. The summed E-state index contributed by atoms with van der Waals surface area (Å²) in [5, 5.41) is 2.67. The molecule has 4 nitrogen and oxygen atoms in total. The van der Waals surface area contributed by atoms with E-state index < -0.39 is 0 Å². The molecule has 0 saturated carbocycles. The molecule has 0 aromatic carbocycles. The Morgan fingerprint density at radius 2 is 2.54 bits per heavy atom. The fourth-order valence-electron chi connectivity index (χ4n) is 0.847. The number of aromatic nitrogens is 1. The van der Waals surface area contributed by atoms with Crippen LogP contribution in [-0.2, 0) is 11.3 Å². The Balaban J connectivity index is 2.30. The average Bonchev–Trinajstić information content (AvgIpc) is 2.49. The molecule has 0 fully saturated rings. The lowest BCUT2D eigenvalue weighted by Crippen LogP contribution is -2.22. The molecule has 1 N–H and O–H groups in total. The van der Waals surface area contributed by atoms with Crippen LogP contribution in [0.4, 0.5) is 0 Å². The fourth-order valence-corrected chi connectivity index (χ4v) is 1.05. The highest BCUT2D eigenvalue weighted by molar-refractivity contribution is 7.80. The van der Waals surface area contributed by atoms with Gasteiger partial charge in [0.05, 0.1) is 12.7 Å². The van der Waals surface area contributed by atoms with Gasteiger partial charge in [-0.2, -0.15) is 12.6 Å². The highest BCUT2D eigenvalue weighted by Gasteiger charge is 2.02. The number of hydrogen-bond donors (Lipinski definition) is 2. The van der Waals surface area contributed by atoms with E-state index in [2.05, 4.69) is 22.9 Å². The Morgan fingerprint density at radius 3 is 3.08 bits per heavy atom. The molecule has 13 heavy (non-hydrogen) atoms. The second-order valence-corrected chi connectivity index (χ2v) is 3.06. The molecule has 0 bridgehead atoms. The second kappa shape index (κ2) is 4.91. The van der Waals surface area contributed by atoms with Crippen molar-refractivity contribution < 1.29 is 9.21 Å². The van der Waals surface area contributed by atoms with Crippen LogP contribution in [0.3, 0.4) is 0 Å². The number of carbonyl (C=O) groups excluding carboxylic acids is 1. The average molecular weight is 200 g/mol. The molecular weight excluding hydrogens is 188 g/mol. The Labute approximate surface area is 82.1 Å². The van der Waals surface area contributed by atoms with E-state index in [4.69, 9.17) is 4.42 Å². The maximum atomic E-state index is 11.0. The van der Waals surface area contributed by atoms with Gasteiger partial charge in [0, 0.05) is 6.42 Å². The molecule has 0 radical (unpaired) electrons. The summed E-state index contributed by atoms with van der Waals surface area (Å²) in [6.45, 7) is 2.16. The molecular formula is C8H12N2O2S. The predicted octanol–water partition coefficient (Wildman–Crippen LogP) is 0.919. The van der Waals surface area contributed by atoms with Gasteiger partial charge in [0.2, 0.25) is 11.8 Å². The Bertz CT molecular complexity index is 285. The number of rotatable bonds is 4. The summed E-state index contributed by atoms with van der Waals surface area (Å²) in [4.78, 5) is 14.9. The topological polar surface area (TPSA) is 55.1 Å². The largest absolute Gasteiger partial charge is 0.444 e. The van der Waals surface area contributed by atoms with Gasteiger partial charge in [-0.15, -0.1) is 0 Å². The molecule has 0 spiro atoms. The van der Waals surface area contributed by atoms with E-state index in [0.29, 0.717) is 24.6 Å². The van der Waals surface area contributed by atoms with E-state index in [1.165, 1.54) is 0 Å². The highest BCUT2D eigenvalue weighted by Crippen LogP contribution is 2.00. The summed E-state index contributed by atoms with van der Waals surface area (Å²) in [5.41, 5.74) is 0. The van der Waals surface area contributed by atoms with Crippen molar-refractivity contribution in [2.45, 2.75) is 19.9 Å². The number of nitrogens with zero attached hydrogens (tertiary/aromatic N) is 1. The van der Waals surface area contributed by atoms with E-state index in [0.717, 1.165) is 5.76 Å². The van der Waals surface area contributed by atoms with Crippen LogP contribution >= 0.6 is 12.6 Å². The van der Waals surface area contributed by atoms with Gasteiger partial charge < -0.3 is 9.73 Å². The third kappa shape index (κ3) is 3.50. The van der Waals surface area contributed by atoms with Crippen LogP contribution in [0.1, 0.15) is 18.1 Å². The van der Waals surface area contributed by atoms with Crippen molar-refractivity contribution in [2.75, 3.05) is 5.75 Å². The van der Waals surface area contributed by atoms with E-state index in [-0.39, 0.29) is 5.91 Å². The standard InChI is InChI=1S/C8H12N2O2S/c1-6-4-10-8(12-6)5-9-7(11)2-3-13/h4,13H,2-3,5H2,1H3,(H,9,11). The first-order valence-corrected chi connectivity index (χ1v) is 4.64. The molecule has 1 rings (SSSR count). The molecule has 0 saturated heterocycles. The lowest BCUT2D eigenvalue weighted by atomic mass is 10.4. The number of oxazole rings is 1. The van der Waals surface area contributed by atoms with E-state index >= 15 is 0 Å². The Hall–Kier alpha value is -0.970. The van der Waals surface area contributed by atoms with Gasteiger partial charge in [0.1, 0.15) is 5.76 Å². The number of carbonyl (C=O) groups is 1. The zero-order valence-electron chi connectivity index (χ0n) is 7.41. The highest BCUT2D eigenvalue weighted by atomic mass is 32.1. The quantitative estimate of drug-likeness (QED) is 0.711. The van der Waals surface area contributed by atoms with Crippen LogP contribution in [-0.4, -0.2) is 16.6 Å². The number of hydrogen-bond acceptors (Lipinski definition) is 4. The summed E-state index contributed by atoms with van der Waals surface area (Å²) in [7, 11) is 0. The zero-order valence-corrected chi connectivity index (χ0v) is 8.30. The molecule has 0 atom stereocenters. The number of thiol groups is 1. The maximum absolute atomic E-state index is 11.0. The summed E-state index contributed by atoms with van der Waals surface area (Å²) in [6.07, 6.45) is 2.04. The number of nitrogens with one attached hydrogen (secondary N) is 1. The van der Waals surface area contributed by atoms with Crippen LogP contribution in [0.15, 0.2) is 10.6 Å². The zero-order chi connectivity index (χ0) is 9.68. The molecule has 0 aliphatic heterocycles. The van der Waals surface area contributed by atoms with Crippen LogP contribution in [0, 0.1) is 6.92 Å². The Kier molecular flexibility index (Phi) is 3.82. The van der Waals surface area contributed by atoms with Crippen LogP contribution in [0.2, 0.25) is 0 Å². The predicted molar refractivity (Wildman–Crippen MR) is 51.6 cm³/mol. The number of amides is 1. The van der Waals surface area contributed by atoms with Gasteiger partial charge in [-0.3, -0.25) is 4.79 Å². The molecule has 1 aromatic rings. The van der Waals surface area contributed by atoms with Gasteiger partial charge >= 0.3 is 0 Å². The van der Waals surface area contributed by atoms with Crippen molar-refractivity contribution >= 4 is 18.5 Å². The minimum atomic E-state index is -0.0362. The summed E-state index contributed by atoms with van der Waals surface area (Å²) in [5.74, 6) is 1.80. The molecule has 5 heteroatoms. The normalized spacial score (nSPS) is 10.0. The minimum absolute atomic E-state index is 0.0362. The smallest absolute Gasteiger partial charge is 0.221 e. The van der Waals surface area contributed by atoms with Crippen molar-refractivity contribution in [1.29, 1.82) is 0 Å². The molecule has 1 amide bonds. The van der Waals surface area contributed by atoms with Crippen molar-refractivity contribution in [3.05, 3.63) is 17.8 Å². The molecule has 1 aromatic heterocycles. The van der Waals surface area contributed by atoms with Gasteiger partial charge in [0.25, 0.3) is 0 Å². The molecule has 1 heterocycles. The molecule has 72 valence electrons. The van der Waals surface area contributed by atoms with Gasteiger partial charge in [0.15, 0.2) is 0 Å². The Morgan fingerprint density at radius 1 is 1.77 bits per heavy atom. The van der Waals surface area contributed by atoms with E-state index in [9.17, 15) is 4.79 Å². The van der Waals surface area contributed by atoms with Crippen molar-refractivity contribution in [2.24, 2.45) is 0 Å². The molecule has 0 aliphatic carbocycles. The summed E-state index contributed by atoms with van der Waals surface area (Å²) >= 11 is 3.94. The fraction of sp³-hybridized carbons (Fsp3) is 0.500. The SMILES string of the molecule is Cc1cnc(CNC(=O)CCS)o1. The van der Waals surface area contributed by atoms with E-state index in [1.807, 2.05) is 6.92 Å². The van der Waals surface area contributed by atoms with Crippen LogP contribution in [0.5, 0.6) is 0 Å². The lowest BCUT2D eigenvalue weighted by molar-refractivity contribution is -0.120. The molecule has 0 unspecified atom stereocenters. The van der Waals surface area contributed by atoms with Crippen molar-refractivity contribution in [3.63, 3.8) is 0 Å².